The molecule has 0 aliphatic rings. The molecule has 0 aliphatic carbocycles. The number of benzene rings is 1. The second kappa shape index (κ2) is 6.40. The lowest BCUT2D eigenvalue weighted by Gasteiger charge is -2.11. The van der Waals surface area contributed by atoms with Crippen LogP contribution in [0.3, 0.4) is 0 Å². The highest BCUT2D eigenvalue weighted by atomic mass is 35.5. The van der Waals surface area contributed by atoms with Gasteiger partial charge in [-0.05, 0) is 42.9 Å². The van der Waals surface area contributed by atoms with Crippen LogP contribution in [0.25, 0.3) is 0 Å². The first-order valence-electron chi connectivity index (χ1n) is 5.46. The molecule has 84 valence electrons. The van der Waals surface area contributed by atoms with Crippen LogP contribution in [0.5, 0.6) is 0 Å². The molecule has 0 aliphatic heterocycles. The summed E-state index contributed by atoms with van der Waals surface area (Å²) >= 11 is 12.1. The number of rotatable bonds is 5. The molecular formula is C13H18Cl2. The highest BCUT2D eigenvalue weighted by Crippen LogP contribution is 2.17. The Bertz CT molecular complexity index is 277. The van der Waals surface area contributed by atoms with E-state index < -0.39 is 0 Å². The number of hydrogen-bond acceptors (Lipinski definition) is 0. The number of alkyl halides is 1. The van der Waals surface area contributed by atoms with Crippen LogP contribution in [0, 0.1) is 5.92 Å². The summed E-state index contributed by atoms with van der Waals surface area (Å²) in [6.07, 6.45) is 3.22. The average molecular weight is 245 g/mol. The maximum atomic E-state index is 6.27. The molecule has 0 saturated carbocycles. The number of halogens is 2. The van der Waals surface area contributed by atoms with E-state index in [-0.39, 0.29) is 5.38 Å². The fraction of sp³-hybridized carbons (Fsp3) is 0.538. The Morgan fingerprint density at radius 3 is 2.20 bits per heavy atom. The molecule has 2 heteroatoms. The van der Waals surface area contributed by atoms with E-state index >= 15 is 0 Å². The van der Waals surface area contributed by atoms with Gasteiger partial charge in [-0.3, -0.25) is 0 Å². The highest BCUT2D eigenvalue weighted by molar-refractivity contribution is 6.30. The summed E-state index contributed by atoms with van der Waals surface area (Å²) in [5.74, 6) is 0.733. The van der Waals surface area contributed by atoms with Crippen LogP contribution in [-0.4, -0.2) is 5.38 Å². The largest absolute Gasteiger partial charge is 0.123 e. The second-order valence-electron chi connectivity index (χ2n) is 4.40. The molecule has 0 fully saturated rings. The molecule has 15 heavy (non-hydrogen) atoms. The summed E-state index contributed by atoms with van der Waals surface area (Å²) in [5.41, 5.74) is 1.27. The summed E-state index contributed by atoms with van der Waals surface area (Å²) < 4.78 is 0. The van der Waals surface area contributed by atoms with Gasteiger partial charge in [0.25, 0.3) is 0 Å². The lowest BCUT2D eigenvalue weighted by Crippen LogP contribution is -2.04. The van der Waals surface area contributed by atoms with Crippen LogP contribution in [-0.2, 0) is 6.42 Å². The van der Waals surface area contributed by atoms with Crippen LogP contribution < -0.4 is 0 Å². The van der Waals surface area contributed by atoms with Crippen molar-refractivity contribution in [1.82, 2.24) is 0 Å². The molecule has 0 amide bonds. The van der Waals surface area contributed by atoms with Crippen molar-refractivity contribution in [1.29, 1.82) is 0 Å². The molecular weight excluding hydrogens is 227 g/mol. The average Bonchev–Trinajstić information content (AvgIpc) is 2.19. The molecule has 1 atom stereocenters. The van der Waals surface area contributed by atoms with Crippen molar-refractivity contribution in [3.8, 4) is 0 Å². The van der Waals surface area contributed by atoms with E-state index in [2.05, 4.69) is 13.8 Å². The molecule has 1 aromatic carbocycles. The Kier molecular flexibility index (Phi) is 5.49. The van der Waals surface area contributed by atoms with E-state index in [0.717, 1.165) is 23.8 Å². The molecule has 0 nitrogen and oxygen atoms in total. The van der Waals surface area contributed by atoms with E-state index in [9.17, 15) is 0 Å². The predicted octanol–water partition coefficient (Wildman–Crippen LogP) is 4.93. The fourth-order valence-corrected chi connectivity index (χ4v) is 1.92. The zero-order chi connectivity index (χ0) is 11.3. The van der Waals surface area contributed by atoms with Gasteiger partial charge in [0.15, 0.2) is 0 Å². The van der Waals surface area contributed by atoms with E-state index in [0.29, 0.717) is 0 Å². The SMILES string of the molecule is CC(C)CCC(Cl)Cc1ccc(Cl)cc1. The van der Waals surface area contributed by atoms with Crippen LogP contribution in [0.1, 0.15) is 32.3 Å². The fourth-order valence-electron chi connectivity index (χ4n) is 1.49. The Hall–Kier alpha value is -0.200. The van der Waals surface area contributed by atoms with Crippen molar-refractivity contribution < 1.29 is 0 Å². The monoisotopic (exact) mass is 244 g/mol. The standard InChI is InChI=1S/C13H18Cl2/c1-10(2)3-6-13(15)9-11-4-7-12(14)8-5-11/h4-5,7-8,10,13H,3,6,9H2,1-2H3. The van der Waals surface area contributed by atoms with Crippen LogP contribution in [0.15, 0.2) is 24.3 Å². The van der Waals surface area contributed by atoms with Crippen molar-refractivity contribution in [2.45, 2.75) is 38.5 Å². The van der Waals surface area contributed by atoms with Gasteiger partial charge in [-0.1, -0.05) is 37.6 Å². The number of hydrogen-bond donors (Lipinski definition) is 0. The summed E-state index contributed by atoms with van der Waals surface area (Å²) in [4.78, 5) is 0. The smallest absolute Gasteiger partial charge is 0.0406 e. The van der Waals surface area contributed by atoms with Gasteiger partial charge in [-0.25, -0.2) is 0 Å². The summed E-state index contributed by atoms with van der Waals surface area (Å²) in [7, 11) is 0. The van der Waals surface area contributed by atoms with Crippen LogP contribution in [0.2, 0.25) is 5.02 Å². The Morgan fingerprint density at radius 2 is 1.67 bits per heavy atom. The first-order chi connectivity index (χ1) is 7.08. The van der Waals surface area contributed by atoms with Gasteiger partial charge in [0, 0.05) is 10.4 Å². The lowest BCUT2D eigenvalue weighted by atomic mass is 10.0. The summed E-state index contributed by atoms with van der Waals surface area (Å²) in [6, 6.07) is 7.94. The van der Waals surface area contributed by atoms with E-state index in [1.165, 1.54) is 12.0 Å². The van der Waals surface area contributed by atoms with E-state index in [1.54, 1.807) is 0 Å². The molecule has 1 unspecified atom stereocenters. The maximum Gasteiger partial charge on any atom is 0.0406 e. The van der Waals surface area contributed by atoms with Gasteiger partial charge in [-0.2, -0.15) is 0 Å². The molecule has 0 N–H and O–H groups in total. The quantitative estimate of drug-likeness (QED) is 0.645. The van der Waals surface area contributed by atoms with Crippen molar-refractivity contribution in [2.75, 3.05) is 0 Å². The normalized spacial score (nSPS) is 13.1. The minimum Gasteiger partial charge on any atom is -0.123 e. The third-order valence-corrected chi connectivity index (χ3v) is 3.05. The van der Waals surface area contributed by atoms with Gasteiger partial charge < -0.3 is 0 Å². The Balaban J connectivity index is 2.37. The molecule has 0 aromatic heterocycles. The van der Waals surface area contributed by atoms with E-state index in [4.69, 9.17) is 23.2 Å². The minimum absolute atomic E-state index is 0.244. The van der Waals surface area contributed by atoms with Gasteiger partial charge in [0.05, 0.1) is 0 Å². The van der Waals surface area contributed by atoms with Gasteiger partial charge in [0.1, 0.15) is 0 Å². The van der Waals surface area contributed by atoms with Crippen molar-refractivity contribution in [2.24, 2.45) is 5.92 Å². The Morgan fingerprint density at radius 1 is 1.07 bits per heavy atom. The molecule has 0 radical (unpaired) electrons. The zero-order valence-corrected chi connectivity index (χ0v) is 10.9. The van der Waals surface area contributed by atoms with Crippen molar-refractivity contribution in [3.05, 3.63) is 34.9 Å². The molecule has 0 bridgehead atoms. The van der Waals surface area contributed by atoms with Gasteiger partial charge in [0.2, 0.25) is 0 Å². The first kappa shape index (κ1) is 12.9. The molecule has 1 rings (SSSR count). The molecule has 0 heterocycles. The van der Waals surface area contributed by atoms with Crippen molar-refractivity contribution >= 4 is 23.2 Å². The highest BCUT2D eigenvalue weighted by Gasteiger charge is 2.07. The summed E-state index contributed by atoms with van der Waals surface area (Å²) in [5, 5.41) is 1.03. The van der Waals surface area contributed by atoms with E-state index in [1.807, 2.05) is 24.3 Å². The predicted molar refractivity (Wildman–Crippen MR) is 68.9 cm³/mol. The van der Waals surface area contributed by atoms with Gasteiger partial charge >= 0.3 is 0 Å². The molecule has 0 saturated heterocycles. The zero-order valence-electron chi connectivity index (χ0n) is 9.34. The van der Waals surface area contributed by atoms with Gasteiger partial charge in [-0.15, -0.1) is 11.6 Å². The molecule has 0 spiro atoms. The second-order valence-corrected chi connectivity index (χ2v) is 5.45. The van der Waals surface area contributed by atoms with Crippen LogP contribution in [0.4, 0.5) is 0 Å². The van der Waals surface area contributed by atoms with Crippen molar-refractivity contribution in [3.63, 3.8) is 0 Å². The molecule has 1 aromatic rings. The third kappa shape index (κ3) is 5.44. The lowest BCUT2D eigenvalue weighted by molar-refractivity contribution is 0.541. The Labute approximate surface area is 103 Å². The minimum atomic E-state index is 0.244. The topological polar surface area (TPSA) is 0 Å². The maximum absolute atomic E-state index is 6.27. The summed E-state index contributed by atoms with van der Waals surface area (Å²) in [6.45, 7) is 4.46. The van der Waals surface area contributed by atoms with Crippen LogP contribution >= 0.6 is 23.2 Å². The third-order valence-electron chi connectivity index (χ3n) is 2.43. The first-order valence-corrected chi connectivity index (χ1v) is 6.28.